The van der Waals surface area contributed by atoms with E-state index in [9.17, 15) is 30.3 Å². The molecule has 3 fully saturated rings. The monoisotopic (exact) mass is 1180 g/mol. The molecule has 0 aliphatic carbocycles. The van der Waals surface area contributed by atoms with Crippen LogP contribution in [-0.2, 0) is 33.3 Å². The minimum atomic E-state index is -2.62. The SMILES string of the molecule is CC[C@H]1OC(=O)[C@H](C)[C@@H](C2C[C@@](C)(OC)[C@@H](O)[C@H](C)O2)[C@H](C)[C@@H](O[C@@H]2O[C@H](C)C[C@H](N(C)C)[C@H]2O)[C@](C)(O)C[C@@H](C)CN(C(=O)CCCCCC[PH](c2cc(C)cc(C)c2)(c2cc(C)cc(C)c2)c2cc(C)cc(C)c2)[C@H](C)[C@@H](O)[C@]1(C)O. The second-order valence-corrected chi connectivity index (χ2v) is 31.3. The normalized spacial score (nSPS) is 35.6. The number of carbonyl (C=O) groups excluding carboxylic acids is 2. The molecule has 3 aliphatic rings. The van der Waals surface area contributed by atoms with Crippen LogP contribution in [0.3, 0.4) is 0 Å². The van der Waals surface area contributed by atoms with Gasteiger partial charge in [-0.3, -0.25) is 4.79 Å². The summed E-state index contributed by atoms with van der Waals surface area (Å²) in [5.74, 6) is -3.72. The number of amides is 1. The summed E-state index contributed by atoms with van der Waals surface area (Å²) < 4.78 is 32.3. The zero-order valence-electron chi connectivity index (χ0n) is 54.1. The molecule has 3 aliphatic heterocycles. The van der Waals surface area contributed by atoms with Crippen LogP contribution in [0.2, 0.25) is 0 Å². The summed E-state index contributed by atoms with van der Waals surface area (Å²) in [6.45, 7) is 31.0. The van der Waals surface area contributed by atoms with Gasteiger partial charge in [-0.15, -0.1) is 0 Å². The van der Waals surface area contributed by atoms with Gasteiger partial charge in [-0.2, -0.15) is 0 Å². The van der Waals surface area contributed by atoms with E-state index in [2.05, 4.69) is 96.1 Å². The molecule has 0 aromatic heterocycles. The van der Waals surface area contributed by atoms with Crippen LogP contribution < -0.4 is 15.9 Å². The second kappa shape index (κ2) is 28.2. The number of rotatable bonds is 16. The van der Waals surface area contributed by atoms with Crippen molar-refractivity contribution in [2.45, 2.75) is 253 Å². The molecule has 1 amide bonds. The summed E-state index contributed by atoms with van der Waals surface area (Å²) in [6.07, 6.45) is -3.46. The van der Waals surface area contributed by atoms with E-state index in [-0.39, 0.29) is 50.3 Å². The van der Waals surface area contributed by atoms with E-state index in [1.54, 1.807) is 39.5 Å². The molecule has 3 saturated heterocycles. The number of hydrogen-bond acceptors (Lipinski definition) is 13. The maximum atomic E-state index is 15.0. The molecule has 3 aromatic rings. The van der Waals surface area contributed by atoms with E-state index in [1.807, 2.05) is 46.7 Å². The van der Waals surface area contributed by atoms with Gasteiger partial charge in [-0.05, 0) is 60.5 Å². The number of benzene rings is 3. The first-order chi connectivity index (χ1) is 38.7. The van der Waals surface area contributed by atoms with Crippen molar-refractivity contribution in [2.75, 3.05) is 33.9 Å². The van der Waals surface area contributed by atoms with E-state index in [0.717, 1.165) is 25.4 Å². The molecule has 1 unspecified atom stereocenters. The number of ether oxygens (including phenoxy) is 5. The van der Waals surface area contributed by atoms with Gasteiger partial charge in [-0.1, -0.05) is 20.8 Å². The first-order valence-corrected chi connectivity index (χ1v) is 33.3. The number of methoxy groups -OCH3 is 1. The van der Waals surface area contributed by atoms with Crippen LogP contribution in [0.5, 0.6) is 0 Å². The van der Waals surface area contributed by atoms with Crippen LogP contribution in [0, 0.1) is 65.2 Å². The number of cyclic esters (lactones) is 1. The van der Waals surface area contributed by atoms with Gasteiger partial charge < -0.3 is 43.9 Å². The van der Waals surface area contributed by atoms with E-state index in [1.165, 1.54) is 63.3 Å². The van der Waals surface area contributed by atoms with Gasteiger partial charge in [0, 0.05) is 25.5 Å². The summed E-state index contributed by atoms with van der Waals surface area (Å²) in [6, 6.07) is 20.0. The average Bonchev–Trinajstić information content (AvgIpc) is 3.49. The molecule has 468 valence electrons. The first kappa shape index (κ1) is 68.7. The number of unbranched alkanes of at least 4 members (excludes halogenated alkanes) is 3. The van der Waals surface area contributed by atoms with Gasteiger partial charge in [0.25, 0.3) is 0 Å². The summed E-state index contributed by atoms with van der Waals surface area (Å²) in [4.78, 5) is 33.5. The van der Waals surface area contributed by atoms with Crippen LogP contribution in [0.15, 0.2) is 54.6 Å². The number of aryl methyl sites for hydroxylation is 6. The quantitative estimate of drug-likeness (QED) is 0.0522. The summed E-state index contributed by atoms with van der Waals surface area (Å²) in [5, 5.41) is 65.7. The van der Waals surface area contributed by atoms with Crippen molar-refractivity contribution in [3.05, 3.63) is 88.0 Å². The standard InChI is InChI=1S/C68H109N2O12P/c1-20-57-68(16,77)61(73)50(12)70(58(71)25-23-21-22-24-26-83(52-30-40(2)27-41(3)31-52,53-32-42(4)28-43(5)33-53)54-34-44(6)29-45(7)35-54)39-46(8)37-66(14,76)63(82-65-60(72)55(69(17)18)36-47(9)79-65)48(10)59(49(11)64(75)81-57)56-38-67(15,78-19)62(74)51(13)80-56/h27-35,46-51,55-57,59-63,65,72-74,76-77,83H,20-26,36-39H2,1-19H3/t46-,47-,48+,49-,50-,51+,55+,56?,57-,59+,60-,61-,62+,63-,65+,66-,67-,68-/m1/s1. The molecule has 15 heteroatoms. The summed E-state index contributed by atoms with van der Waals surface area (Å²) in [7, 11) is 2.71. The summed E-state index contributed by atoms with van der Waals surface area (Å²) in [5.41, 5.74) is 2.74. The van der Waals surface area contributed by atoms with E-state index >= 15 is 4.79 Å². The van der Waals surface area contributed by atoms with Crippen molar-refractivity contribution in [1.82, 2.24) is 9.80 Å². The maximum absolute atomic E-state index is 15.0. The number of nitrogens with zero attached hydrogens (tertiary/aromatic N) is 2. The van der Waals surface area contributed by atoms with Crippen molar-refractivity contribution < 1.29 is 58.8 Å². The van der Waals surface area contributed by atoms with Gasteiger partial charge in [0.15, 0.2) is 6.29 Å². The minimum absolute atomic E-state index is 0.0903. The second-order valence-electron chi connectivity index (χ2n) is 27.3. The zero-order chi connectivity index (χ0) is 61.8. The Morgan fingerprint density at radius 2 is 1.24 bits per heavy atom. The molecule has 5 N–H and O–H groups in total. The molecule has 3 heterocycles. The van der Waals surface area contributed by atoms with Crippen molar-refractivity contribution in [3.63, 3.8) is 0 Å². The third-order valence-electron chi connectivity index (χ3n) is 19.4. The first-order valence-electron chi connectivity index (χ1n) is 31.1. The fourth-order valence-corrected chi connectivity index (χ4v) is 20.6. The Kier molecular flexibility index (Phi) is 23.4. The van der Waals surface area contributed by atoms with Gasteiger partial charge in [0.2, 0.25) is 0 Å². The van der Waals surface area contributed by atoms with Crippen molar-refractivity contribution in [2.24, 2.45) is 23.7 Å². The van der Waals surface area contributed by atoms with Crippen LogP contribution >= 0.6 is 7.26 Å². The Labute approximate surface area is 499 Å². The Balaban J connectivity index is 1.33. The molecule has 0 saturated carbocycles. The van der Waals surface area contributed by atoms with Crippen molar-refractivity contribution in [3.8, 4) is 0 Å². The Morgan fingerprint density at radius 3 is 1.72 bits per heavy atom. The van der Waals surface area contributed by atoms with Crippen LogP contribution in [0.25, 0.3) is 0 Å². The third kappa shape index (κ3) is 15.7. The van der Waals surface area contributed by atoms with Crippen LogP contribution in [0.1, 0.15) is 160 Å². The van der Waals surface area contributed by atoms with Gasteiger partial charge in [0.1, 0.15) is 12.2 Å². The average molecular weight is 1180 g/mol. The number of carbonyl (C=O) groups is 2. The fourth-order valence-electron chi connectivity index (χ4n) is 15.1. The molecule has 6 rings (SSSR count). The van der Waals surface area contributed by atoms with E-state index in [0.29, 0.717) is 12.8 Å². The van der Waals surface area contributed by atoms with Crippen molar-refractivity contribution >= 4 is 35.1 Å². The molecule has 14 nitrogen and oxygen atoms in total. The molecule has 3 aromatic carbocycles. The Morgan fingerprint density at radius 1 is 0.735 bits per heavy atom. The Hall–Kier alpha value is -3.37. The van der Waals surface area contributed by atoms with Gasteiger partial charge in [-0.25, -0.2) is 0 Å². The molecule has 0 radical (unpaired) electrons. The predicted octanol–water partition coefficient (Wildman–Crippen LogP) is 8.60. The van der Waals surface area contributed by atoms with Gasteiger partial charge in [0.05, 0.1) is 35.9 Å². The van der Waals surface area contributed by atoms with Crippen LogP contribution in [0.4, 0.5) is 0 Å². The van der Waals surface area contributed by atoms with E-state index in [4.69, 9.17) is 23.7 Å². The van der Waals surface area contributed by atoms with E-state index < -0.39 is 109 Å². The molecule has 0 spiro atoms. The number of hydrogen-bond donors (Lipinski definition) is 5. The zero-order valence-corrected chi connectivity index (χ0v) is 55.1. The number of aliphatic hydroxyl groups excluding tert-OH is 3. The fraction of sp³-hybridized carbons (Fsp3) is 0.706. The molecule has 18 atom stereocenters. The third-order valence-corrected chi connectivity index (χ3v) is 24.3. The Bertz CT molecular complexity index is 2460. The number of esters is 1. The molecular formula is C68H109N2O12P. The number of likely N-dealkylation sites (N-methyl/N-ethyl adjacent to an activating group) is 1. The molecule has 0 bridgehead atoms. The molecular weight excluding hydrogens is 1070 g/mol. The van der Waals surface area contributed by atoms with Crippen molar-refractivity contribution in [1.29, 1.82) is 0 Å². The topological polar surface area (TPSA) is 188 Å². The predicted molar refractivity (Wildman–Crippen MR) is 335 cm³/mol. The number of aliphatic hydroxyl groups is 5. The van der Waals surface area contributed by atoms with Gasteiger partial charge >= 0.3 is 292 Å². The summed E-state index contributed by atoms with van der Waals surface area (Å²) >= 11 is 0. The molecule has 83 heavy (non-hydrogen) atoms. The van der Waals surface area contributed by atoms with Crippen LogP contribution in [-0.4, -0.2) is 165 Å².